The van der Waals surface area contributed by atoms with Gasteiger partial charge in [-0.3, -0.25) is 14.4 Å². The van der Waals surface area contributed by atoms with Crippen molar-refractivity contribution in [2.24, 2.45) is 17.8 Å². The molecular formula is C27H39N5O6. The second kappa shape index (κ2) is 14.9. The summed E-state index contributed by atoms with van der Waals surface area (Å²) in [6.45, 7) is 7.82. The maximum Gasteiger partial charge on any atom is 0.408 e. The van der Waals surface area contributed by atoms with Gasteiger partial charge in [0, 0.05) is 12.5 Å². The van der Waals surface area contributed by atoms with E-state index in [1.54, 1.807) is 19.9 Å². The molecule has 1 aromatic carbocycles. The van der Waals surface area contributed by atoms with Gasteiger partial charge in [0.15, 0.2) is 6.10 Å². The smallest absolute Gasteiger partial charge is 0.408 e. The average molecular weight is 530 g/mol. The molecule has 0 aliphatic carbocycles. The molecule has 0 spiro atoms. The molecule has 1 aromatic rings. The van der Waals surface area contributed by atoms with Crippen LogP contribution in [0.25, 0.3) is 0 Å². The third-order valence-corrected chi connectivity index (χ3v) is 6.32. The van der Waals surface area contributed by atoms with Gasteiger partial charge in [-0.1, -0.05) is 58.0 Å². The van der Waals surface area contributed by atoms with Crippen LogP contribution in [0.2, 0.25) is 0 Å². The van der Waals surface area contributed by atoms with E-state index in [1.165, 1.54) is 0 Å². The van der Waals surface area contributed by atoms with Crippen LogP contribution in [0.4, 0.5) is 4.79 Å². The Morgan fingerprint density at radius 2 is 1.79 bits per heavy atom. The molecule has 11 nitrogen and oxygen atoms in total. The van der Waals surface area contributed by atoms with Crippen molar-refractivity contribution in [3.63, 3.8) is 0 Å². The van der Waals surface area contributed by atoms with E-state index in [9.17, 15) is 29.5 Å². The molecule has 0 saturated carbocycles. The molecule has 1 aliphatic heterocycles. The molecule has 2 unspecified atom stereocenters. The van der Waals surface area contributed by atoms with E-state index in [0.29, 0.717) is 13.0 Å². The van der Waals surface area contributed by atoms with Gasteiger partial charge in [0.25, 0.3) is 0 Å². The lowest BCUT2D eigenvalue weighted by molar-refractivity contribution is -0.131. The van der Waals surface area contributed by atoms with Gasteiger partial charge in [-0.05, 0) is 36.7 Å². The van der Waals surface area contributed by atoms with Crippen LogP contribution < -0.4 is 21.3 Å². The molecule has 2 rings (SSSR count). The average Bonchev–Trinajstić information content (AvgIpc) is 3.28. The molecule has 5 atom stereocenters. The number of hydrogen-bond donors (Lipinski definition) is 5. The van der Waals surface area contributed by atoms with Crippen LogP contribution >= 0.6 is 0 Å². The second-order valence-electron chi connectivity index (χ2n) is 10.3. The van der Waals surface area contributed by atoms with E-state index in [-0.39, 0.29) is 37.2 Å². The highest BCUT2D eigenvalue weighted by Gasteiger charge is 2.34. The van der Waals surface area contributed by atoms with E-state index >= 15 is 0 Å². The minimum absolute atomic E-state index is 0.0206. The van der Waals surface area contributed by atoms with E-state index in [1.807, 2.05) is 44.2 Å². The highest BCUT2D eigenvalue weighted by Crippen LogP contribution is 2.18. The molecule has 1 aliphatic rings. The fraction of sp³-hybridized carbons (Fsp3) is 0.593. The number of nitrogens with zero attached hydrogens (tertiary/aromatic N) is 1. The summed E-state index contributed by atoms with van der Waals surface area (Å²) in [5, 5.41) is 30.1. The summed E-state index contributed by atoms with van der Waals surface area (Å²) >= 11 is 0. The first kappa shape index (κ1) is 30.6. The van der Waals surface area contributed by atoms with E-state index < -0.39 is 48.1 Å². The number of nitriles is 1. The number of alkyl carbamates (subject to hydrolysis) is 1. The van der Waals surface area contributed by atoms with Crippen LogP contribution in [0.15, 0.2) is 30.3 Å². The van der Waals surface area contributed by atoms with Crippen molar-refractivity contribution in [2.75, 3.05) is 6.54 Å². The van der Waals surface area contributed by atoms with E-state index in [0.717, 1.165) is 5.56 Å². The van der Waals surface area contributed by atoms with Gasteiger partial charge in [-0.2, -0.15) is 5.26 Å². The Morgan fingerprint density at radius 1 is 1.11 bits per heavy atom. The molecule has 0 bridgehead atoms. The quantitative estimate of drug-likeness (QED) is 0.240. The standard InChI is InChI=1S/C27H39N5O6/c1-16(2)12-21(25(35)30-20(22(33)14-28)13-19-10-11-29-24(19)34)31-26(36)23(17(3)4)32-27(37)38-15-18-8-6-5-7-9-18/h5-9,16-17,19-23,33H,10-13,15H2,1-4H3,(H,29,34)(H,30,35)(H,31,36)(H,32,37)/t19-,20-,21-,22?,23?/m0/s1. The van der Waals surface area contributed by atoms with Crippen molar-refractivity contribution < 1.29 is 29.0 Å². The second-order valence-corrected chi connectivity index (χ2v) is 10.3. The minimum atomic E-state index is -1.52. The zero-order chi connectivity index (χ0) is 28.2. The number of nitrogens with one attached hydrogen (secondary N) is 4. The van der Waals surface area contributed by atoms with Crippen LogP contribution in [0.5, 0.6) is 0 Å². The molecule has 4 amide bonds. The third-order valence-electron chi connectivity index (χ3n) is 6.32. The Kier molecular flexibility index (Phi) is 12.0. The van der Waals surface area contributed by atoms with Crippen LogP contribution in [0, 0.1) is 29.1 Å². The lowest BCUT2D eigenvalue weighted by Crippen LogP contribution is -2.57. The van der Waals surface area contributed by atoms with Gasteiger partial charge >= 0.3 is 6.09 Å². The maximum atomic E-state index is 13.2. The summed E-state index contributed by atoms with van der Waals surface area (Å²) in [5.74, 6) is -2.06. The Balaban J connectivity index is 2.06. The first-order chi connectivity index (χ1) is 18.0. The number of amides is 4. The summed E-state index contributed by atoms with van der Waals surface area (Å²) in [6.07, 6.45) is -1.37. The number of benzene rings is 1. The van der Waals surface area contributed by atoms with Gasteiger partial charge < -0.3 is 31.1 Å². The van der Waals surface area contributed by atoms with Gasteiger partial charge in [0.2, 0.25) is 17.7 Å². The van der Waals surface area contributed by atoms with Gasteiger partial charge in [0.05, 0.1) is 12.1 Å². The number of rotatable bonds is 13. The van der Waals surface area contributed by atoms with Gasteiger partial charge in [0.1, 0.15) is 18.7 Å². The first-order valence-corrected chi connectivity index (χ1v) is 12.9. The summed E-state index contributed by atoms with van der Waals surface area (Å²) in [6, 6.07) is 7.89. The summed E-state index contributed by atoms with van der Waals surface area (Å²) in [4.78, 5) is 50.8. The fourth-order valence-corrected chi connectivity index (χ4v) is 4.21. The van der Waals surface area contributed by atoms with Gasteiger partial charge in [-0.25, -0.2) is 4.79 Å². The van der Waals surface area contributed by atoms with Crippen molar-refractivity contribution in [1.29, 1.82) is 5.26 Å². The Bertz CT molecular complexity index is 993. The molecule has 0 aromatic heterocycles. The van der Waals surface area contributed by atoms with Gasteiger partial charge in [-0.15, -0.1) is 0 Å². The van der Waals surface area contributed by atoms with E-state index in [2.05, 4.69) is 21.3 Å². The normalized spacial score (nSPS) is 18.1. The zero-order valence-electron chi connectivity index (χ0n) is 22.4. The summed E-state index contributed by atoms with van der Waals surface area (Å²) in [7, 11) is 0. The molecule has 1 heterocycles. The molecule has 0 radical (unpaired) electrons. The summed E-state index contributed by atoms with van der Waals surface area (Å²) in [5.41, 5.74) is 0.797. The number of hydrogen-bond acceptors (Lipinski definition) is 7. The van der Waals surface area contributed by atoms with Crippen molar-refractivity contribution in [3.05, 3.63) is 35.9 Å². The lowest BCUT2D eigenvalue weighted by atomic mass is 9.94. The topological polar surface area (TPSA) is 170 Å². The minimum Gasteiger partial charge on any atom is -0.445 e. The monoisotopic (exact) mass is 529 g/mol. The van der Waals surface area contributed by atoms with Crippen molar-refractivity contribution in [1.82, 2.24) is 21.3 Å². The predicted molar refractivity (Wildman–Crippen MR) is 139 cm³/mol. The molecule has 1 fully saturated rings. The van der Waals surface area contributed by atoms with Crippen molar-refractivity contribution in [2.45, 2.75) is 77.8 Å². The lowest BCUT2D eigenvalue weighted by Gasteiger charge is -2.28. The Labute approximate surface area is 223 Å². The molecular weight excluding hydrogens is 490 g/mol. The first-order valence-electron chi connectivity index (χ1n) is 12.9. The number of aliphatic hydroxyl groups is 1. The largest absolute Gasteiger partial charge is 0.445 e. The van der Waals surface area contributed by atoms with Crippen LogP contribution in [-0.2, 0) is 25.7 Å². The molecule has 5 N–H and O–H groups in total. The molecule has 208 valence electrons. The summed E-state index contributed by atoms with van der Waals surface area (Å²) < 4.78 is 5.24. The zero-order valence-corrected chi connectivity index (χ0v) is 22.4. The Hall–Kier alpha value is -3.65. The molecule has 1 saturated heterocycles. The molecule has 38 heavy (non-hydrogen) atoms. The maximum absolute atomic E-state index is 13.2. The van der Waals surface area contributed by atoms with Crippen LogP contribution in [0.3, 0.4) is 0 Å². The predicted octanol–water partition coefficient (Wildman–Crippen LogP) is 1.36. The third kappa shape index (κ3) is 9.67. The Morgan fingerprint density at radius 3 is 2.34 bits per heavy atom. The fourth-order valence-electron chi connectivity index (χ4n) is 4.21. The van der Waals surface area contributed by atoms with Crippen molar-refractivity contribution in [3.8, 4) is 6.07 Å². The highest BCUT2D eigenvalue weighted by atomic mass is 16.5. The van der Waals surface area contributed by atoms with Crippen molar-refractivity contribution >= 4 is 23.8 Å². The molecule has 11 heteroatoms. The number of aliphatic hydroxyl groups excluding tert-OH is 1. The van der Waals surface area contributed by atoms with Crippen LogP contribution in [0.1, 0.15) is 52.5 Å². The number of ether oxygens (including phenoxy) is 1. The SMILES string of the molecule is CC(C)C[C@H](NC(=O)C(NC(=O)OCc1ccccc1)C(C)C)C(=O)N[C@@H](C[C@@H]1CCNC1=O)C(O)C#N. The highest BCUT2D eigenvalue weighted by molar-refractivity contribution is 5.91. The van der Waals surface area contributed by atoms with Crippen LogP contribution in [-0.4, -0.2) is 59.7 Å². The van der Waals surface area contributed by atoms with E-state index in [4.69, 9.17) is 4.74 Å². The number of carbonyl (C=O) groups is 4. The number of carbonyl (C=O) groups excluding carboxylic acids is 4.